The number of hydrogen-bond acceptors (Lipinski definition) is 1. The fourth-order valence-corrected chi connectivity index (χ4v) is 2.33. The van der Waals surface area contributed by atoms with Crippen LogP contribution >= 0.6 is 0 Å². The summed E-state index contributed by atoms with van der Waals surface area (Å²) in [5.74, 6) is 0.315. The molecular formula is C13H15NO. The van der Waals surface area contributed by atoms with Crippen LogP contribution < -0.4 is 0 Å². The van der Waals surface area contributed by atoms with Gasteiger partial charge < -0.3 is 4.90 Å². The smallest absolute Gasteiger partial charge is 0.227 e. The molecular weight excluding hydrogens is 186 g/mol. The lowest BCUT2D eigenvalue weighted by Crippen LogP contribution is -2.37. The molecule has 2 aliphatic rings. The van der Waals surface area contributed by atoms with Gasteiger partial charge in [-0.1, -0.05) is 23.8 Å². The van der Waals surface area contributed by atoms with Crippen LogP contribution in [0.2, 0.25) is 0 Å². The highest BCUT2D eigenvalue weighted by atomic mass is 16.2. The van der Waals surface area contributed by atoms with Crippen molar-refractivity contribution >= 4 is 5.91 Å². The maximum absolute atomic E-state index is 11.9. The fraction of sp³-hybridized carbons (Fsp3) is 0.462. The van der Waals surface area contributed by atoms with E-state index in [9.17, 15) is 4.79 Å². The number of nitrogens with zero attached hydrogens (tertiary/aromatic N) is 1. The van der Waals surface area contributed by atoms with Crippen molar-refractivity contribution < 1.29 is 4.79 Å². The third kappa shape index (κ3) is 1.54. The summed E-state index contributed by atoms with van der Waals surface area (Å²) in [5.41, 5.74) is 3.82. The van der Waals surface area contributed by atoms with E-state index in [1.165, 1.54) is 29.5 Å². The molecule has 3 rings (SSSR count). The summed E-state index contributed by atoms with van der Waals surface area (Å²) in [6, 6.07) is 7.01. The minimum Gasteiger partial charge on any atom is -0.335 e. The van der Waals surface area contributed by atoms with E-state index in [1.807, 2.05) is 0 Å². The molecule has 0 bridgehead atoms. The lowest BCUT2D eigenvalue weighted by Gasteiger charge is -2.29. The molecule has 2 heteroatoms. The van der Waals surface area contributed by atoms with E-state index < -0.39 is 0 Å². The van der Waals surface area contributed by atoms with Crippen molar-refractivity contribution in [3.63, 3.8) is 0 Å². The molecule has 0 atom stereocenters. The van der Waals surface area contributed by atoms with Crippen molar-refractivity contribution in [2.45, 2.75) is 38.8 Å². The number of aryl methyl sites for hydroxylation is 1. The normalized spacial score (nSPS) is 20.3. The molecule has 1 fully saturated rings. The van der Waals surface area contributed by atoms with Gasteiger partial charge in [-0.25, -0.2) is 0 Å². The Labute approximate surface area is 89.9 Å². The second-order valence-electron chi connectivity index (χ2n) is 4.70. The predicted octanol–water partition coefficient (Wildman–Crippen LogP) is 2.04. The Morgan fingerprint density at radius 1 is 1.27 bits per heavy atom. The van der Waals surface area contributed by atoms with Crippen molar-refractivity contribution in [3.8, 4) is 0 Å². The van der Waals surface area contributed by atoms with Crippen LogP contribution in [0.3, 0.4) is 0 Å². The maximum atomic E-state index is 11.9. The van der Waals surface area contributed by atoms with Crippen LogP contribution in [-0.4, -0.2) is 16.8 Å². The number of fused-ring (bicyclic) bond motifs is 1. The third-order valence-corrected chi connectivity index (χ3v) is 3.35. The van der Waals surface area contributed by atoms with Crippen molar-refractivity contribution in [1.82, 2.24) is 4.90 Å². The maximum Gasteiger partial charge on any atom is 0.227 e. The Bertz CT molecular complexity index is 421. The highest BCUT2D eigenvalue weighted by Gasteiger charge is 2.35. The summed E-state index contributed by atoms with van der Waals surface area (Å²) in [6.45, 7) is 2.91. The van der Waals surface area contributed by atoms with Gasteiger partial charge in [0.25, 0.3) is 0 Å². The molecule has 0 radical (unpaired) electrons. The Balaban J connectivity index is 1.94. The van der Waals surface area contributed by atoms with Crippen LogP contribution in [0, 0.1) is 6.92 Å². The molecule has 15 heavy (non-hydrogen) atoms. The van der Waals surface area contributed by atoms with Crippen molar-refractivity contribution in [2.75, 3.05) is 0 Å². The zero-order valence-corrected chi connectivity index (χ0v) is 8.99. The molecule has 78 valence electrons. The minimum atomic E-state index is 0.315. The van der Waals surface area contributed by atoms with Crippen LogP contribution in [0.25, 0.3) is 0 Å². The van der Waals surface area contributed by atoms with Crippen LogP contribution in [0.1, 0.15) is 29.5 Å². The molecule has 0 spiro atoms. The second-order valence-corrected chi connectivity index (χ2v) is 4.70. The molecule has 0 saturated heterocycles. The Morgan fingerprint density at radius 2 is 2.07 bits per heavy atom. The highest BCUT2D eigenvalue weighted by Crippen LogP contribution is 2.32. The van der Waals surface area contributed by atoms with Gasteiger partial charge in [0, 0.05) is 12.6 Å². The SMILES string of the molecule is Cc1ccc2c(c1)CC(=O)N(C1CC1)C2. The van der Waals surface area contributed by atoms with E-state index in [1.54, 1.807) is 0 Å². The van der Waals surface area contributed by atoms with E-state index in [-0.39, 0.29) is 0 Å². The van der Waals surface area contributed by atoms with E-state index >= 15 is 0 Å². The average molecular weight is 201 g/mol. The first-order valence-corrected chi connectivity index (χ1v) is 5.62. The zero-order valence-electron chi connectivity index (χ0n) is 8.99. The second kappa shape index (κ2) is 3.09. The summed E-state index contributed by atoms with van der Waals surface area (Å²) in [6.07, 6.45) is 3.01. The molecule has 0 aromatic heterocycles. The molecule has 1 amide bonds. The first-order chi connectivity index (χ1) is 7.24. The Hall–Kier alpha value is -1.31. The van der Waals surface area contributed by atoms with E-state index in [4.69, 9.17) is 0 Å². The van der Waals surface area contributed by atoms with E-state index in [0.717, 1.165) is 6.54 Å². The average Bonchev–Trinajstić information content (AvgIpc) is 3.00. The number of carbonyl (C=O) groups excluding carboxylic acids is 1. The fourth-order valence-electron chi connectivity index (χ4n) is 2.33. The van der Waals surface area contributed by atoms with E-state index in [2.05, 4.69) is 30.0 Å². The van der Waals surface area contributed by atoms with Gasteiger partial charge in [-0.2, -0.15) is 0 Å². The van der Waals surface area contributed by atoms with Crippen molar-refractivity contribution in [1.29, 1.82) is 0 Å². The molecule has 2 nitrogen and oxygen atoms in total. The van der Waals surface area contributed by atoms with Gasteiger partial charge in [0.05, 0.1) is 6.42 Å². The number of hydrogen-bond donors (Lipinski definition) is 0. The van der Waals surface area contributed by atoms with Crippen molar-refractivity contribution in [2.24, 2.45) is 0 Å². The first kappa shape index (κ1) is 8.96. The van der Waals surface area contributed by atoms with Crippen LogP contribution in [0.4, 0.5) is 0 Å². The van der Waals surface area contributed by atoms with Gasteiger partial charge >= 0.3 is 0 Å². The van der Waals surface area contributed by atoms with Crippen molar-refractivity contribution in [3.05, 3.63) is 34.9 Å². The zero-order chi connectivity index (χ0) is 10.4. The standard InChI is InChI=1S/C13H15NO/c1-9-2-3-10-8-14(12-4-5-12)13(15)7-11(10)6-9/h2-3,6,12H,4-5,7-8H2,1H3. The Morgan fingerprint density at radius 3 is 2.80 bits per heavy atom. The van der Waals surface area contributed by atoms with Gasteiger partial charge in [0.1, 0.15) is 0 Å². The highest BCUT2D eigenvalue weighted by molar-refractivity contribution is 5.81. The monoisotopic (exact) mass is 201 g/mol. The molecule has 1 aliphatic heterocycles. The number of carbonyl (C=O) groups is 1. The topological polar surface area (TPSA) is 20.3 Å². The molecule has 0 unspecified atom stereocenters. The summed E-state index contributed by atoms with van der Waals surface area (Å²) in [7, 11) is 0. The largest absolute Gasteiger partial charge is 0.335 e. The number of rotatable bonds is 1. The summed E-state index contributed by atoms with van der Waals surface area (Å²) >= 11 is 0. The first-order valence-electron chi connectivity index (χ1n) is 5.62. The van der Waals surface area contributed by atoms with Gasteiger partial charge in [0.2, 0.25) is 5.91 Å². The third-order valence-electron chi connectivity index (χ3n) is 3.35. The predicted molar refractivity (Wildman–Crippen MR) is 58.5 cm³/mol. The molecule has 1 aromatic rings. The van der Waals surface area contributed by atoms with Gasteiger partial charge in [-0.3, -0.25) is 4.79 Å². The summed E-state index contributed by atoms with van der Waals surface area (Å²) in [5, 5.41) is 0. The Kier molecular flexibility index (Phi) is 1.84. The quantitative estimate of drug-likeness (QED) is 0.681. The molecule has 1 saturated carbocycles. The number of benzene rings is 1. The lowest BCUT2D eigenvalue weighted by atomic mass is 9.97. The molecule has 1 aromatic carbocycles. The lowest BCUT2D eigenvalue weighted by molar-refractivity contribution is -0.132. The van der Waals surface area contributed by atoms with Gasteiger partial charge in [0.15, 0.2) is 0 Å². The van der Waals surface area contributed by atoms with Crippen LogP contribution in [-0.2, 0) is 17.8 Å². The summed E-state index contributed by atoms with van der Waals surface area (Å²) in [4.78, 5) is 13.9. The molecule has 1 heterocycles. The molecule has 0 N–H and O–H groups in total. The minimum absolute atomic E-state index is 0.315. The summed E-state index contributed by atoms with van der Waals surface area (Å²) < 4.78 is 0. The molecule has 1 aliphatic carbocycles. The van der Waals surface area contributed by atoms with Crippen LogP contribution in [0.15, 0.2) is 18.2 Å². The van der Waals surface area contributed by atoms with Gasteiger partial charge in [-0.05, 0) is 30.9 Å². The van der Waals surface area contributed by atoms with Gasteiger partial charge in [-0.15, -0.1) is 0 Å². The van der Waals surface area contributed by atoms with Crippen LogP contribution in [0.5, 0.6) is 0 Å². The number of amides is 1. The van der Waals surface area contributed by atoms with E-state index in [0.29, 0.717) is 18.4 Å².